The molecule has 0 spiro atoms. The van der Waals surface area contributed by atoms with Crippen molar-refractivity contribution >= 4 is 0 Å². The first-order valence-corrected chi connectivity index (χ1v) is 7.09. The van der Waals surface area contributed by atoms with Crippen molar-refractivity contribution in [3.05, 3.63) is 60.2 Å². The fourth-order valence-electron chi connectivity index (χ4n) is 2.99. The molecule has 1 N–H and O–H groups in total. The van der Waals surface area contributed by atoms with Crippen molar-refractivity contribution in [1.82, 2.24) is 4.90 Å². The molecular formula is C17H21NO. The van der Waals surface area contributed by atoms with Crippen molar-refractivity contribution in [3.63, 3.8) is 0 Å². The summed E-state index contributed by atoms with van der Waals surface area (Å²) >= 11 is 0. The molecule has 19 heavy (non-hydrogen) atoms. The molecule has 1 fully saturated rings. The molecule has 1 aromatic rings. The van der Waals surface area contributed by atoms with E-state index < -0.39 is 0 Å². The van der Waals surface area contributed by atoms with Gasteiger partial charge in [0, 0.05) is 12.6 Å². The van der Waals surface area contributed by atoms with Gasteiger partial charge in [-0.1, -0.05) is 54.6 Å². The monoisotopic (exact) mass is 255 g/mol. The van der Waals surface area contributed by atoms with E-state index in [1.165, 1.54) is 0 Å². The van der Waals surface area contributed by atoms with Gasteiger partial charge in [0.05, 0.1) is 12.1 Å². The van der Waals surface area contributed by atoms with Gasteiger partial charge in [-0.15, -0.1) is 0 Å². The number of hydrogen-bond donors (Lipinski definition) is 1. The van der Waals surface area contributed by atoms with E-state index in [1.807, 2.05) is 30.3 Å². The fraction of sp³-hybridized carbons (Fsp3) is 0.412. The van der Waals surface area contributed by atoms with E-state index in [4.69, 9.17) is 0 Å². The first kappa shape index (κ1) is 12.6. The summed E-state index contributed by atoms with van der Waals surface area (Å²) in [5, 5.41) is 10.4. The van der Waals surface area contributed by atoms with Crippen LogP contribution in [0.2, 0.25) is 0 Å². The highest BCUT2D eigenvalue weighted by molar-refractivity contribution is 5.22. The molecule has 0 bridgehead atoms. The lowest BCUT2D eigenvalue weighted by Crippen LogP contribution is -2.27. The van der Waals surface area contributed by atoms with Crippen LogP contribution in [0.4, 0.5) is 0 Å². The molecule has 1 saturated heterocycles. The molecule has 2 heteroatoms. The van der Waals surface area contributed by atoms with E-state index in [-0.39, 0.29) is 12.1 Å². The minimum Gasteiger partial charge on any atom is -0.387 e. The number of aliphatic hydroxyl groups excluding tert-OH is 1. The average molecular weight is 255 g/mol. The van der Waals surface area contributed by atoms with E-state index in [2.05, 4.69) is 36.1 Å². The Morgan fingerprint density at radius 2 is 2.00 bits per heavy atom. The Bertz CT molecular complexity index is 479. The van der Waals surface area contributed by atoms with Crippen LogP contribution in [0.15, 0.2) is 54.6 Å². The molecule has 1 aliphatic carbocycles. The Morgan fingerprint density at radius 3 is 2.68 bits per heavy atom. The SMILES string of the molecule is CC(C1C=CC=CC1)N1CC1C(O)c1ccccc1. The zero-order chi connectivity index (χ0) is 13.2. The summed E-state index contributed by atoms with van der Waals surface area (Å²) in [5.74, 6) is 0.581. The van der Waals surface area contributed by atoms with Crippen LogP contribution in [0, 0.1) is 5.92 Å². The van der Waals surface area contributed by atoms with Crippen molar-refractivity contribution in [2.45, 2.75) is 31.5 Å². The average Bonchev–Trinajstić information content (AvgIpc) is 3.28. The highest BCUT2D eigenvalue weighted by Crippen LogP contribution is 2.36. The summed E-state index contributed by atoms with van der Waals surface area (Å²) < 4.78 is 0. The summed E-state index contributed by atoms with van der Waals surface area (Å²) in [4.78, 5) is 2.41. The zero-order valence-electron chi connectivity index (χ0n) is 11.3. The third-order valence-electron chi connectivity index (χ3n) is 4.35. The number of rotatable bonds is 4. The first-order valence-electron chi connectivity index (χ1n) is 7.09. The maximum atomic E-state index is 10.4. The lowest BCUT2D eigenvalue weighted by Gasteiger charge is -2.24. The van der Waals surface area contributed by atoms with Crippen LogP contribution >= 0.6 is 0 Å². The molecule has 0 amide bonds. The Morgan fingerprint density at radius 1 is 1.21 bits per heavy atom. The molecule has 5 unspecified atom stereocenters. The number of benzene rings is 1. The minimum atomic E-state index is -0.355. The van der Waals surface area contributed by atoms with E-state index in [9.17, 15) is 5.11 Å². The van der Waals surface area contributed by atoms with Crippen LogP contribution in [0.25, 0.3) is 0 Å². The third kappa shape index (κ3) is 2.65. The van der Waals surface area contributed by atoms with Crippen LogP contribution in [0.1, 0.15) is 25.0 Å². The summed E-state index contributed by atoms with van der Waals surface area (Å²) in [6.07, 6.45) is 9.52. The zero-order valence-corrected chi connectivity index (χ0v) is 11.3. The van der Waals surface area contributed by atoms with E-state index in [0.717, 1.165) is 18.5 Å². The predicted molar refractivity (Wildman–Crippen MR) is 77.7 cm³/mol. The molecule has 2 nitrogen and oxygen atoms in total. The van der Waals surface area contributed by atoms with Gasteiger partial charge in [-0.2, -0.15) is 0 Å². The third-order valence-corrected chi connectivity index (χ3v) is 4.35. The van der Waals surface area contributed by atoms with Gasteiger partial charge in [0.25, 0.3) is 0 Å². The maximum absolute atomic E-state index is 10.4. The van der Waals surface area contributed by atoms with Crippen molar-refractivity contribution in [2.24, 2.45) is 5.92 Å². The van der Waals surface area contributed by atoms with Crippen molar-refractivity contribution < 1.29 is 5.11 Å². The minimum absolute atomic E-state index is 0.289. The normalized spacial score (nSPS) is 32.0. The topological polar surface area (TPSA) is 23.2 Å². The van der Waals surface area contributed by atoms with Gasteiger partial charge >= 0.3 is 0 Å². The second kappa shape index (κ2) is 5.32. The van der Waals surface area contributed by atoms with Gasteiger partial charge in [0.15, 0.2) is 0 Å². The Kier molecular flexibility index (Phi) is 3.54. The first-order chi connectivity index (χ1) is 9.27. The summed E-state index contributed by atoms with van der Waals surface area (Å²) in [6, 6.07) is 10.8. The summed E-state index contributed by atoms with van der Waals surface area (Å²) in [7, 11) is 0. The van der Waals surface area contributed by atoms with Crippen LogP contribution in [0.5, 0.6) is 0 Å². The van der Waals surface area contributed by atoms with E-state index in [1.54, 1.807) is 0 Å². The Labute approximate surface area is 115 Å². The van der Waals surface area contributed by atoms with Crippen LogP contribution in [0.3, 0.4) is 0 Å². The van der Waals surface area contributed by atoms with Crippen molar-refractivity contribution in [1.29, 1.82) is 0 Å². The highest BCUT2D eigenvalue weighted by Gasteiger charge is 2.44. The Balaban J connectivity index is 1.61. The molecule has 1 aliphatic heterocycles. The molecule has 5 atom stereocenters. The number of allylic oxidation sites excluding steroid dienone is 3. The molecule has 0 saturated carbocycles. The van der Waals surface area contributed by atoms with Crippen molar-refractivity contribution in [2.75, 3.05) is 6.54 Å². The largest absolute Gasteiger partial charge is 0.387 e. The molecular weight excluding hydrogens is 234 g/mol. The maximum Gasteiger partial charge on any atom is 0.0957 e. The van der Waals surface area contributed by atoms with Crippen LogP contribution < -0.4 is 0 Å². The summed E-state index contributed by atoms with van der Waals surface area (Å²) in [6.45, 7) is 3.27. The lowest BCUT2D eigenvalue weighted by atomic mass is 9.93. The predicted octanol–water partition coefficient (Wildman–Crippen LogP) is 2.93. The molecule has 0 radical (unpaired) electrons. The molecule has 3 rings (SSSR count). The molecule has 0 aromatic heterocycles. The lowest BCUT2D eigenvalue weighted by molar-refractivity contribution is 0.145. The van der Waals surface area contributed by atoms with Gasteiger partial charge in [-0.25, -0.2) is 0 Å². The number of nitrogens with zero attached hydrogens (tertiary/aromatic N) is 1. The number of aliphatic hydroxyl groups is 1. The molecule has 1 aromatic carbocycles. The molecule has 100 valence electrons. The standard InChI is InChI=1S/C17H21NO/c1-13(14-8-4-2-5-9-14)18-12-16(18)17(19)15-10-6-3-7-11-15/h2-8,10-11,13-14,16-17,19H,9,12H2,1H3. The smallest absolute Gasteiger partial charge is 0.0957 e. The molecule has 1 heterocycles. The van der Waals surface area contributed by atoms with Crippen molar-refractivity contribution in [3.8, 4) is 0 Å². The van der Waals surface area contributed by atoms with Crippen LogP contribution in [-0.4, -0.2) is 28.6 Å². The van der Waals surface area contributed by atoms with Gasteiger partial charge in [-0.05, 0) is 24.8 Å². The number of hydrogen-bond acceptors (Lipinski definition) is 2. The summed E-state index contributed by atoms with van der Waals surface area (Å²) in [5.41, 5.74) is 1.03. The second-order valence-electron chi connectivity index (χ2n) is 5.57. The second-order valence-corrected chi connectivity index (χ2v) is 5.57. The molecule has 2 aliphatic rings. The highest BCUT2D eigenvalue weighted by atomic mass is 16.3. The van der Waals surface area contributed by atoms with Gasteiger partial charge in [0.2, 0.25) is 0 Å². The van der Waals surface area contributed by atoms with Crippen LogP contribution in [-0.2, 0) is 0 Å². The van der Waals surface area contributed by atoms with E-state index >= 15 is 0 Å². The van der Waals surface area contributed by atoms with E-state index in [0.29, 0.717) is 12.0 Å². The Hall–Kier alpha value is -1.38. The van der Waals surface area contributed by atoms with Gasteiger partial charge in [-0.3, -0.25) is 4.90 Å². The quantitative estimate of drug-likeness (QED) is 0.836. The van der Waals surface area contributed by atoms with Gasteiger partial charge < -0.3 is 5.11 Å². The fourth-order valence-corrected chi connectivity index (χ4v) is 2.99. The van der Waals surface area contributed by atoms with Gasteiger partial charge in [0.1, 0.15) is 0 Å².